The molecule has 1 atom stereocenters. The van der Waals surface area contributed by atoms with Crippen molar-refractivity contribution in [1.82, 2.24) is 0 Å². The molecule has 0 aliphatic rings. The molecular weight excluding hydrogens is 215 g/mol. The largest absolute Gasteiger partial charge is 0.497 e. The van der Waals surface area contributed by atoms with Crippen LogP contribution in [0.3, 0.4) is 0 Å². The number of hydrogen-bond donors (Lipinski definition) is 0. The Morgan fingerprint density at radius 3 is 2.50 bits per heavy atom. The van der Waals surface area contributed by atoms with E-state index >= 15 is 0 Å². The van der Waals surface area contributed by atoms with Gasteiger partial charge in [-0.25, -0.2) is 0 Å². The van der Waals surface area contributed by atoms with E-state index < -0.39 is 0 Å². The van der Waals surface area contributed by atoms with E-state index in [1.54, 1.807) is 7.11 Å². The molecular formula is C14H23OP. The fourth-order valence-electron chi connectivity index (χ4n) is 1.46. The molecule has 0 bridgehead atoms. The van der Waals surface area contributed by atoms with Crippen molar-refractivity contribution in [3.05, 3.63) is 29.8 Å². The van der Waals surface area contributed by atoms with Crippen molar-refractivity contribution in [1.29, 1.82) is 0 Å². The number of benzene rings is 1. The fraction of sp³-hybridized carbons (Fsp3) is 0.571. The van der Waals surface area contributed by atoms with Crippen LogP contribution in [0, 0.1) is 0 Å². The zero-order valence-corrected chi connectivity index (χ0v) is 12.0. The van der Waals surface area contributed by atoms with Crippen LogP contribution in [0.5, 0.6) is 5.75 Å². The summed E-state index contributed by atoms with van der Waals surface area (Å²) in [5, 5.41) is 0.466. The minimum absolute atomic E-state index is 0.1000. The lowest BCUT2D eigenvalue weighted by Gasteiger charge is -2.27. The van der Waals surface area contributed by atoms with Crippen molar-refractivity contribution < 1.29 is 4.74 Å². The van der Waals surface area contributed by atoms with Crippen LogP contribution in [-0.4, -0.2) is 25.1 Å². The van der Waals surface area contributed by atoms with E-state index in [4.69, 9.17) is 4.74 Å². The predicted octanol–water partition coefficient (Wildman–Crippen LogP) is 4.15. The average molecular weight is 238 g/mol. The molecule has 0 aromatic heterocycles. The van der Waals surface area contributed by atoms with Gasteiger partial charge >= 0.3 is 0 Å². The molecule has 0 N–H and O–H groups in total. The van der Waals surface area contributed by atoms with E-state index in [1.165, 1.54) is 11.7 Å². The maximum Gasteiger partial charge on any atom is 0.119 e. The average Bonchev–Trinajstić information content (AvgIpc) is 2.25. The zero-order chi connectivity index (χ0) is 12.2. The fourth-order valence-corrected chi connectivity index (χ4v) is 2.72. The Labute approximate surface area is 101 Å². The van der Waals surface area contributed by atoms with Crippen molar-refractivity contribution in [2.45, 2.75) is 32.3 Å². The van der Waals surface area contributed by atoms with Crippen LogP contribution < -0.4 is 4.74 Å². The third-order valence-electron chi connectivity index (χ3n) is 3.02. The van der Waals surface area contributed by atoms with Crippen LogP contribution in [-0.2, 0) is 6.42 Å². The highest BCUT2D eigenvalue weighted by Crippen LogP contribution is 2.45. The summed E-state index contributed by atoms with van der Waals surface area (Å²) in [6.07, 6.45) is 2.46. The molecule has 0 saturated carbocycles. The molecule has 0 spiro atoms. The normalized spacial score (nSPS) is 13.6. The first-order chi connectivity index (χ1) is 7.43. The van der Waals surface area contributed by atoms with Gasteiger partial charge < -0.3 is 4.74 Å². The van der Waals surface area contributed by atoms with Gasteiger partial charge in [0.05, 0.1) is 7.11 Å². The van der Waals surface area contributed by atoms with Crippen LogP contribution >= 0.6 is 7.92 Å². The molecule has 1 unspecified atom stereocenters. The summed E-state index contributed by atoms with van der Waals surface area (Å²) < 4.78 is 5.23. The standard InChI is InChI=1S/C14H23OP/c1-14(2,3)16(5)10-9-12-7-6-8-13(11-12)15-4/h6-8,11H,9-10H2,1-5H3. The lowest BCUT2D eigenvalue weighted by atomic mass is 10.2. The molecule has 16 heavy (non-hydrogen) atoms. The summed E-state index contributed by atoms with van der Waals surface area (Å²) in [5.74, 6) is 0.966. The van der Waals surface area contributed by atoms with Crippen molar-refractivity contribution in [3.63, 3.8) is 0 Å². The highest BCUT2D eigenvalue weighted by molar-refractivity contribution is 7.58. The molecule has 1 aromatic carbocycles. The Balaban J connectivity index is 2.54. The Morgan fingerprint density at radius 2 is 1.94 bits per heavy atom. The Bertz CT molecular complexity index is 328. The lowest BCUT2D eigenvalue weighted by molar-refractivity contribution is 0.414. The first-order valence-corrected chi connectivity index (χ1v) is 7.75. The summed E-state index contributed by atoms with van der Waals surface area (Å²) in [5.41, 5.74) is 1.39. The van der Waals surface area contributed by atoms with Crippen LogP contribution in [0.15, 0.2) is 24.3 Å². The van der Waals surface area contributed by atoms with E-state index in [1.807, 2.05) is 6.07 Å². The number of aryl methyl sites for hydroxylation is 1. The summed E-state index contributed by atoms with van der Waals surface area (Å²) in [7, 11) is 1.82. The van der Waals surface area contributed by atoms with Gasteiger partial charge in [0.1, 0.15) is 5.75 Å². The highest BCUT2D eigenvalue weighted by atomic mass is 31.1. The van der Waals surface area contributed by atoms with Gasteiger partial charge in [0.25, 0.3) is 0 Å². The number of rotatable bonds is 4. The third kappa shape index (κ3) is 4.14. The topological polar surface area (TPSA) is 9.23 Å². The minimum Gasteiger partial charge on any atom is -0.497 e. The van der Waals surface area contributed by atoms with Crippen molar-refractivity contribution in [2.75, 3.05) is 19.9 Å². The second-order valence-corrected chi connectivity index (χ2v) is 8.38. The van der Waals surface area contributed by atoms with E-state index in [-0.39, 0.29) is 7.92 Å². The van der Waals surface area contributed by atoms with E-state index in [9.17, 15) is 0 Å². The lowest BCUT2D eigenvalue weighted by Crippen LogP contribution is -2.13. The number of ether oxygens (including phenoxy) is 1. The first kappa shape index (κ1) is 13.5. The quantitative estimate of drug-likeness (QED) is 0.716. The molecule has 0 heterocycles. The van der Waals surface area contributed by atoms with Gasteiger partial charge in [0.15, 0.2) is 0 Å². The molecule has 2 heteroatoms. The SMILES string of the molecule is COc1cccc(CCP(C)C(C)(C)C)c1. The molecule has 0 amide bonds. The molecule has 90 valence electrons. The van der Waals surface area contributed by atoms with Crippen LogP contribution in [0.4, 0.5) is 0 Å². The second kappa shape index (κ2) is 5.68. The Hall–Kier alpha value is -0.550. The van der Waals surface area contributed by atoms with Crippen molar-refractivity contribution in [3.8, 4) is 5.75 Å². The van der Waals surface area contributed by atoms with Gasteiger partial charge in [-0.15, -0.1) is 7.92 Å². The monoisotopic (exact) mass is 238 g/mol. The molecule has 0 fully saturated rings. The summed E-state index contributed by atoms with van der Waals surface area (Å²) >= 11 is 0. The molecule has 1 aromatic rings. The minimum atomic E-state index is 0.1000. The van der Waals surface area contributed by atoms with Crippen molar-refractivity contribution in [2.24, 2.45) is 0 Å². The number of methoxy groups -OCH3 is 1. The molecule has 1 rings (SSSR count). The van der Waals surface area contributed by atoms with Gasteiger partial charge in [-0.1, -0.05) is 32.9 Å². The zero-order valence-electron chi connectivity index (χ0n) is 11.1. The maximum atomic E-state index is 5.23. The maximum absolute atomic E-state index is 5.23. The van der Waals surface area contributed by atoms with Gasteiger partial charge in [-0.2, -0.15) is 0 Å². The molecule has 0 saturated heterocycles. The first-order valence-electron chi connectivity index (χ1n) is 5.77. The summed E-state index contributed by atoms with van der Waals surface area (Å²) in [4.78, 5) is 0. The highest BCUT2D eigenvalue weighted by Gasteiger charge is 2.18. The van der Waals surface area contributed by atoms with Crippen LogP contribution in [0.2, 0.25) is 0 Å². The van der Waals surface area contributed by atoms with Gasteiger partial charge in [-0.05, 0) is 42.1 Å². The summed E-state index contributed by atoms with van der Waals surface area (Å²) in [6.45, 7) is 9.41. The van der Waals surface area contributed by atoms with Crippen LogP contribution in [0.25, 0.3) is 0 Å². The predicted molar refractivity (Wildman–Crippen MR) is 74.2 cm³/mol. The van der Waals surface area contributed by atoms with Gasteiger partial charge in [-0.3, -0.25) is 0 Å². The number of hydrogen-bond acceptors (Lipinski definition) is 1. The molecule has 0 aliphatic heterocycles. The molecule has 0 aliphatic carbocycles. The van der Waals surface area contributed by atoms with Gasteiger partial charge in [0.2, 0.25) is 0 Å². The Kier molecular flexibility index (Phi) is 4.80. The van der Waals surface area contributed by atoms with E-state index in [2.05, 4.69) is 45.6 Å². The smallest absolute Gasteiger partial charge is 0.119 e. The van der Waals surface area contributed by atoms with Crippen LogP contribution in [0.1, 0.15) is 26.3 Å². The van der Waals surface area contributed by atoms with Crippen molar-refractivity contribution >= 4 is 7.92 Å². The third-order valence-corrected chi connectivity index (χ3v) is 6.20. The Morgan fingerprint density at radius 1 is 1.25 bits per heavy atom. The van der Waals surface area contributed by atoms with E-state index in [0.29, 0.717) is 5.16 Å². The molecule has 0 radical (unpaired) electrons. The second-order valence-electron chi connectivity index (χ2n) is 5.19. The van der Waals surface area contributed by atoms with Gasteiger partial charge in [0, 0.05) is 0 Å². The van der Waals surface area contributed by atoms with E-state index in [0.717, 1.165) is 12.2 Å². The summed E-state index contributed by atoms with van der Waals surface area (Å²) in [6, 6.07) is 8.41. The molecule has 1 nitrogen and oxygen atoms in total.